The van der Waals surface area contributed by atoms with Crippen LogP contribution in [-0.2, 0) is 42.9 Å². The summed E-state index contributed by atoms with van der Waals surface area (Å²) in [6, 6.07) is 0. The molecule has 374 valence electrons. The lowest BCUT2D eigenvalue weighted by Crippen LogP contribution is -2.53. The van der Waals surface area contributed by atoms with Crippen LogP contribution < -0.4 is 0 Å². The van der Waals surface area contributed by atoms with Crippen LogP contribution in [0.3, 0.4) is 0 Å². The van der Waals surface area contributed by atoms with Gasteiger partial charge in [-0.25, -0.2) is 9.59 Å². The summed E-state index contributed by atoms with van der Waals surface area (Å²) in [6.45, 7) is 23.8. The third-order valence-corrected chi connectivity index (χ3v) is 9.93. The summed E-state index contributed by atoms with van der Waals surface area (Å²) in [7, 11) is 0. The van der Waals surface area contributed by atoms with Gasteiger partial charge in [0.2, 0.25) is 5.91 Å². The SMILES string of the molecule is CC(C)(C)OC(=O)CN1CCN(CC(=O)OC(C)(C)C)CCN(CC(=O)N2CCN(CC(=O)OC(C)(C)C)CCN(C(=O)O)CCN(C(=O)O)CC2)CCN(CC(=O)OC(C)(C)C)CC1. The minimum Gasteiger partial charge on any atom is -0.465 e. The number of ether oxygens (including phenoxy) is 4. The predicted molar refractivity (Wildman–Crippen MR) is 241 cm³/mol. The minimum absolute atomic E-state index is 0.00462. The maximum Gasteiger partial charge on any atom is 0.407 e. The number of carbonyl (C=O) groups excluding carboxylic acids is 5. The zero-order valence-corrected chi connectivity index (χ0v) is 41.3. The lowest BCUT2D eigenvalue weighted by atomic mass is 10.2. The largest absolute Gasteiger partial charge is 0.465 e. The maximum atomic E-state index is 14.5. The van der Waals surface area contributed by atoms with Gasteiger partial charge in [0.05, 0.1) is 32.7 Å². The number of amides is 3. The Morgan fingerprint density at radius 1 is 0.323 bits per heavy atom. The van der Waals surface area contributed by atoms with Gasteiger partial charge >= 0.3 is 36.1 Å². The molecule has 0 atom stereocenters. The molecule has 2 rings (SSSR count). The molecular weight excluding hydrogens is 849 g/mol. The van der Waals surface area contributed by atoms with E-state index >= 15 is 0 Å². The first-order valence-electron chi connectivity index (χ1n) is 22.6. The lowest BCUT2D eigenvalue weighted by Gasteiger charge is -2.35. The fourth-order valence-electron chi connectivity index (χ4n) is 6.97. The number of rotatable bonds is 10. The Bertz CT molecular complexity index is 1540. The second-order valence-corrected chi connectivity index (χ2v) is 20.6. The third-order valence-electron chi connectivity index (χ3n) is 9.93. The van der Waals surface area contributed by atoms with Crippen LogP contribution in [0, 0.1) is 0 Å². The molecule has 2 saturated heterocycles. The van der Waals surface area contributed by atoms with E-state index in [9.17, 15) is 43.8 Å². The van der Waals surface area contributed by atoms with E-state index in [0.717, 1.165) is 9.80 Å². The summed E-state index contributed by atoms with van der Waals surface area (Å²) in [5.41, 5.74) is -2.90. The van der Waals surface area contributed by atoms with Crippen molar-refractivity contribution in [2.24, 2.45) is 0 Å². The summed E-state index contributed by atoms with van der Waals surface area (Å²) in [4.78, 5) is 104. The number of hydrogen-bond acceptors (Lipinski definition) is 16. The van der Waals surface area contributed by atoms with Gasteiger partial charge in [0.1, 0.15) is 22.4 Å². The average molecular weight is 929 g/mol. The van der Waals surface area contributed by atoms with E-state index in [4.69, 9.17) is 18.9 Å². The number of carbonyl (C=O) groups is 7. The number of nitrogens with zero attached hydrogens (tertiary/aromatic N) is 8. The quantitative estimate of drug-likeness (QED) is 0.235. The molecule has 65 heavy (non-hydrogen) atoms. The summed E-state index contributed by atoms with van der Waals surface area (Å²) in [5, 5.41) is 19.9. The van der Waals surface area contributed by atoms with Crippen molar-refractivity contribution in [2.75, 3.05) is 137 Å². The molecule has 2 fully saturated rings. The van der Waals surface area contributed by atoms with Gasteiger partial charge in [-0.3, -0.25) is 48.5 Å². The van der Waals surface area contributed by atoms with Crippen LogP contribution in [0.5, 0.6) is 0 Å². The first kappa shape index (κ1) is 56.8. The van der Waals surface area contributed by atoms with E-state index in [1.54, 1.807) is 92.9 Å². The molecule has 21 nitrogen and oxygen atoms in total. The van der Waals surface area contributed by atoms with E-state index in [-0.39, 0.29) is 91.0 Å². The Morgan fingerprint density at radius 3 is 0.738 bits per heavy atom. The summed E-state index contributed by atoms with van der Waals surface area (Å²) in [6.07, 6.45) is -2.48. The molecule has 0 saturated carbocycles. The Kier molecular flexibility index (Phi) is 22.3. The van der Waals surface area contributed by atoms with E-state index < -0.39 is 58.5 Å². The Morgan fingerprint density at radius 2 is 0.508 bits per heavy atom. The molecule has 2 aliphatic rings. The smallest absolute Gasteiger partial charge is 0.407 e. The van der Waals surface area contributed by atoms with Gasteiger partial charge in [0.15, 0.2) is 0 Å². The molecule has 0 aliphatic carbocycles. The van der Waals surface area contributed by atoms with E-state index in [0.29, 0.717) is 52.4 Å². The lowest BCUT2D eigenvalue weighted by molar-refractivity contribution is -0.158. The highest BCUT2D eigenvalue weighted by Gasteiger charge is 2.29. The normalized spacial score (nSPS) is 18.9. The van der Waals surface area contributed by atoms with Crippen molar-refractivity contribution in [3.05, 3.63) is 0 Å². The molecule has 21 heteroatoms. The number of esters is 4. The van der Waals surface area contributed by atoms with E-state index in [1.807, 2.05) is 19.6 Å². The average Bonchev–Trinajstić information content (AvgIpc) is 3.10. The third kappa shape index (κ3) is 25.8. The van der Waals surface area contributed by atoms with Crippen molar-refractivity contribution in [3.8, 4) is 0 Å². The molecule has 0 aromatic carbocycles. The van der Waals surface area contributed by atoms with Crippen molar-refractivity contribution in [3.63, 3.8) is 0 Å². The van der Waals surface area contributed by atoms with Crippen LogP contribution in [0.4, 0.5) is 9.59 Å². The van der Waals surface area contributed by atoms with Gasteiger partial charge in [-0.05, 0) is 83.1 Å². The van der Waals surface area contributed by atoms with Crippen LogP contribution in [0.15, 0.2) is 0 Å². The molecule has 2 N–H and O–H groups in total. The van der Waals surface area contributed by atoms with Crippen LogP contribution in [-0.4, -0.2) is 251 Å². The fourth-order valence-corrected chi connectivity index (χ4v) is 6.97. The second-order valence-electron chi connectivity index (χ2n) is 20.6. The molecule has 0 bridgehead atoms. The summed E-state index contributed by atoms with van der Waals surface area (Å²) < 4.78 is 22.5. The second kappa shape index (κ2) is 25.6. The van der Waals surface area contributed by atoms with Crippen molar-refractivity contribution in [1.29, 1.82) is 0 Å². The molecule has 3 amide bonds. The molecule has 0 aromatic rings. The van der Waals surface area contributed by atoms with Crippen molar-refractivity contribution in [1.82, 2.24) is 39.2 Å². The topological polar surface area (TPSA) is 223 Å². The van der Waals surface area contributed by atoms with Gasteiger partial charge in [-0.2, -0.15) is 0 Å². The molecule has 2 heterocycles. The van der Waals surface area contributed by atoms with Crippen LogP contribution in [0.2, 0.25) is 0 Å². The standard InChI is InChI=1S/C44H80N8O13/c1-41(2,3)62-35(54)30-46-15-13-45(14-16-47(31-36(55)63-42(4,5)6)18-20-48(19-17-46)32-37(56)64-43(7,8)9)29-34(53)50-23-21-49(33-38(57)65-44(10,11)12)22-24-51(39(58)59)27-28-52(26-25-50)40(60)61/h13-33H2,1-12H3,(H,58,59)(H,60,61). The Balaban J connectivity index is 2.49. The van der Waals surface area contributed by atoms with Crippen LogP contribution >= 0.6 is 0 Å². The molecular formula is C44H80N8O13. The molecule has 0 radical (unpaired) electrons. The predicted octanol–water partition coefficient (Wildman–Crippen LogP) is 1.68. The van der Waals surface area contributed by atoms with Crippen molar-refractivity contribution in [2.45, 2.75) is 105 Å². The van der Waals surface area contributed by atoms with Crippen molar-refractivity contribution >= 4 is 42.0 Å². The maximum absolute atomic E-state index is 14.5. The van der Waals surface area contributed by atoms with E-state index in [1.165, 1.54) is 0 Å². The van der Waals surface area contributed by atoms with Crippen LogP contribution in [0.25, 0.3) is 0 Å². The van der Waals surface area contributed by atoms with Gasteiger partial charge in [-0.15, -0.1) is 0 Å². The minimum atomic E-state index is -1.26. The van der Waals surface area contributed by atoms with Gasteiger partial charge in [0.25, 0.3) is 0 Å². The summed E-state index contributed by atoms with van der Waals surface area (Å²) >= 11 is 0. The first-order chi connectivity index (χ1) is 29.9. The highest BCUT2D eigenvalue weighted by atomic mass is 16.6. The fraction of sp³-hybridized carbons (Fsp3) is 0.841. The zero-order chi connectivity index (χ0) is 49.3. The number of hydrogen-bond donors (Lipinski definition) is 2. The Labute approximate surface area is 386 Å². The van der Waals surface area contributed by atoms with Crippen LogP contribution in [0.1, 0.15) is 83.1 Å². The molecule has 0 unspecified atom stereocenters. The zero-order valence-electron chi connectivity index (χ0n) is 41.3. The molecule has 0 aromatic heterocycles. The highest BCUT2D eigenvalue weighted by Crippen LogP contribution is 2.13. The molecule has 2 aliphatic heterocycles. The monoisotopic (exact) mass is 929 g/mol. The Hall–Kier alpha value is -4.31. The van der Waals surface area contributed by atoms with Gasteiger partial charge in [0, 0.05) is 105 Å². The number of carboxylic acid groups (broad SMARTS) is 2. The van der Waals surface area contributed by atoms with Gasteiger partial charge in [-0.1, -0.05) is 0 Å². The highest BCUT2D eigenvalue weighted by molar-refractivity contribution is 5.78. The van der Waals surface area contributed by atoms with E-state index in [2.05, 4.69) is 0 Å². The molecule has 0 spiro atoms. The van der Waals surface area contributed by atoms with Gasteiger partial charge < -0.3 is 43.9 Å². The first-order valence-corrected chi connectivity index (χ1v) is 22.6. The van der Waals surface area contributed by atoms with Crippen molar-refractivity contribution < 1.29 is 62.7 Å². The summed E-state index contributed by atoms with van der Waals surface area (Å²) in [5.74, 6) is -2.10.